The van der Waals surface area contributed by atoms with E-state index in [-0.39, 0.29) is 0 Å². The first-order chi connectivity index (χ1) is 10.6. The minimum absolute atomic E-state index is 0.327. The van der Waals surface area contributed by atoms with Gasteiger partial charge in [0.2, 0.25) is 0 Å². The number of hydrogen-bond donors (Lipinski definition) is 1. The van der Waals surface area contributed by atoms with E-state index in [1.807, 2.05) is 0 Å². The van der Waals surface area contributed by atoms with Gasteiger partial charge < -0.3 is 5.11 Å². The fourth-order valence-electron chi connectivity index (χ4n) is 2.42. The fraction of sp³-hybridized carbons (Fsp3) is 0.833. The largest absolute Gasteiger partial charge is 0.481 e. The summed E-state index contributed by atoms with van der Waals surface area (Å²) in [5.74, 6) is -0.665. The quantitative estimate of drug-likeness (QED) is 0.171. The van der Waals surface area contributed by atoms with Crippen molar-refractivity contribution >= 4 is 51.2 Å². The normalized spacial score (nSPS) is 12.3. The number of unbranched alkanes of at least 4 members (excludes halogenated alkanes) is 9. The van der Waals surface area contributed by atoms with Crippen LogP contribution in [-0.4, -0.2) is 11.1 Å². The van der Waals surface area contributed by atoms with E-state index in [0.29, 0.717) is 6.42 Å². The average molecular weight is 542 g/mol. The summed E-state index contributed by atoms with van der Waals surface area (Å²) in [7, 11) is 0. The van der Waals surface area contributed by atoms with Crippen molar-refractivity contribution in [3.63, 3.8) is 0 Å². The minimum Gasteiger partial charge on any atom is -0.481 e. The molecule has 4 heteroatoms. The first-order valence-electron chi connectivity index (χ1n) is 8.82. The monoisotopic (exact) mass is 542 g/mol. The van der Waals surface area contributed by atoms with E-state index in [1.54, 1.807) is 3.58 Å². The van der Waals surface area contributed by atoms with Gasteiger partial charge in [-0.1, -0.05) is 58.3 Å². The van der Waals surface area contributed by atoms with Gasteiger partial charge >= 0.3 is 5.97 Å². The molecule has 0 atom stereocenters. The van der Waals surface area contributed by atoms with Gasteiger partial charge in [0, 0.05) is 6.42 Å². The summed E-state index contributed by atoms with van der Waals surface area (Å²) in [5.41, 5.74) is 0. The number of aliphatic carboxylic acids is 1. The maximum atomic E-state index is 10.4. The lowest BCUT2D eigenvalue weighted by atomic mass is 10.1. The molecule has 0 bridgehead atoms. The number of hydrogen-bond acceptors (Lipinski definition) is 1. The van der Waals surface area contributed by atoms with Crippen LogP contribution in [0.2, 0.25) is 0 Å². The maximum Gasteiger partial charge on any atom is 0.303 e. The van der Waals surface area contributed by atoms with Crippen LogP contribution in [0.15, 0.2) is 7.16 Å². The van der Waals surface area contributed by atoms with Gasteiger partial charge in [0.25, 0.3) is 0 Å². The molecule has 0 aliphatic carbocycles. The first-order valence-corrected chi connectivity index (χ1v) is 11.0. The van der Waals surface area contributed by atoms with Gasteiger partial charge in [-0.05, 0) is 84.4 Å². The van der Waals surface area contributed by atoms with Crippen LogP contribution >= 0.6 is 45.2 Å². The predicted molar refractivity (Wildman–Crippen MR) is 113 cm³/mol. The Balaban J connectivity index is 3.53. The first kappa shape index (κ1) is 22.7. The Hall–Kier alpha value is 0.670. The van der Waals surface area contributed by atoms with Gasteiger partial charge in [0.15, 0.2) is 0 Å². The molecule has 1 N–H and O–H groups in total. The van der Waals surface area contributed by atoms with Crippen LogP contribution in [0.1, 0.15) is 96.8 Å². The summed E-state index contributed by atoms with van der Waals surface area (Å²) in [6.07, 6.45) is 16.5. The number of carboxylic acid groups (broad SMARTS) is 1. The van der Waals surface area contributed by atoms with E-state index in [0.717, 1.165) is 12.8 Å². The van der Waals surface area contributed by atoms with Crippen molar-refractivity contribution in [3.8, 4) is 0 Å². The Labute approximate surface area is 164 Å². The Bertz CT molecular complexity index is 314. The molecule has 0 aliphatic heterocycles. The van der Waals surface area contributed by atoms with Crippen molar-refractivity contribution in [2.24, 2.45) is 0 Å². The molecule has 0 fully saturated rings. The number of halogens is 2. The summed E-state index contributed by atoms with van der Waals surface area (Å²) in [4.78, 5) is 10.4. The molecule has 0 aromatic carbocycles. The van der Waals surface area contributed by atoms with Gasteiger partial charge in [-0.25, -0.2) is 0 Å². The molecular weight excluding hydrogens is 510 g/mol. The standard InChI is InChI=1S/C18H32I2O2/c1-2-3-4-5-7-10-13-16(19)17(20)14-11-8-6-9-12-15-18(21)22/h2-15H2,1H3,(H,21,22)/b17-16-/i19+4,20+4. The third-order valence-corrected chi connectivity index (χ3v) is 7.24. The van der Waals surface area contributed by atoms with Gasteiger partial charge in [-0.15, -0.1) is 0 Å². The van der Waals surface area contributed by atoms with Crippen molar-refractivity contribution in [3.05, 3.63) is 7.16 Å². The SMILES string of the molecule is CCCCCCCC/C([131I])=C(/[131I])CCCCCCCC(=O)O. The van der Waals surface area contributed by atoms with Crippen LogP contribution in [-0.2, 0) is 4.79 Å². The highest BCUT2D eigenvalue weighted by Gasteiger charge is 2.02. The second-order valence-corrected chi connectivity index (χ2v) is 8.59. The van der Waals surface area contributed by atoms with E-state index >= 15 is 0 Å². The van der Waals surface area contributed by atoms with E-state index < -0.39 is 5.97 Å². The highest BCUT2D eigenvalue weighted by molar-refractivity contribution is 14.1. The topological polar surface area (TPSA) is 37.3 Å². The number of carbonyl (C=O) groups is 1. The van der Waals surface area contributed by atoms with Gasteiger partial charge in [-0.2, -0.15) is 0 Å². The Morgan fingerprint density at radius 2 is 1.05 bits per heavy atom. The fourth-order valence-corrected chi connectivity index (χ4v) is 3.72. The van der Waals surface area contributed by atoms with Gasteiger partial charge in [0.1, 0.15) is 0 Å². The van der Waals surface area contributed by atoms with Crippen molar-refractivity contribution in [2.75, 3.05) is 0 Å². The molecule has 0 aromatic heterocycles. The summed E-state index contributed by atoms with van der Waals surface area (Å²) in [5, 5.41) is 8.57. The van der Waals surface area contributed by atoms with Crippen LogP contribution in [0, 0.1) is 0 Å². The molecule has 0 radical (unpaired) electrons. The van der Waals surface area contributed by atoms with Crippen molar-refractivity contribution < 1.29 is 9.90 Å². The molecule has 130 valence electrons. The third-order valence-electron chi connectivity index (χ3n) is 3.83. The lowest BCUT2D eigenvalue weighted by Crippen LogP contribution is -1.93. The van der Waals surface area contributed by atoms with Crippen LogP contribution in [0.4, 0.5) is 0 Å². The average Bonchev–Trinajstić information content (AvgIpc) is 2.49. The van der Waals surface area contributed by atoms with Crippen LogP contribution in [0.25, 0.3) is 0 Å². The lowest BCUT2D eigenvalue weighted by Gasteiger charge is -2.06. The zero-order valence-electron chi connectivity index (χ0n) is 14.0. The molecule has 0 amide bonds. The molecule has 0 spiro atoms. The Morgan fingerprint density at radius 3 is 1.45 bits per heavy atom. The third kappa shape index (κ3) is 15.6. The van der Waals surface area contributed by atoms with E-state index in [9.17, 15) is 4.79 Å². The predicted octanol–water partition coefficient (Wildman–Crippen LogP) is 7.63. The molecule has 2 nitrogen and oxygen atoms in total. The van der Waals surface area contributed by atoms with Gasteiger partial charge in [-0.3, -0.25) is 4.79 Å². The molecule has 0 saturated heterocycles. The second-order valence-electron chi connectivity index (χ2n) is 5.99. The smallest absolute Gasteiger partial charge is 0.303 e. The summed E-state index contributed by atoms with van der Waals surface area (Å²) in [6.45, 7) is 2.26. The summed E-state index contributed by atoms with van der Waals surface area (Å²) in [6, 6.07) is 0. The number of rotatable bonds is 15. The van der Waals surface area contributed by atoms with E-state index in [1.165, 1.54) is 74.2 Å². The molecule has 0 unspecified atom stereocenters. The molecule has 0 rings (SSSR count). The molecule has 0 heterocycles. The zero-order valence-corrected chi connectivity index (χ0v) is 18.3. The highest BCUT2D eigenvalue weighted by Crippen LogP contribution is 2.29. The molecular formula is C18H32I2O2. The summed E-state index contributed by atoms with van der Waals surface area (Å²) < 4.78 is 3.09. The highest BCUT2D eigenvalue weighted by atomic mass is 131. The summed E-state index contributed by atoms with van der Waals surface area (Å²) >= 11 is 5.04. The van der Waals surface area contributed by atoms with Crippen LogP contribution < -0.4 is 0 Å². The molecule has 0 aliphatic rings. The number of carboxylic acids is 1. The second kappa shape index (κ2) is 16.5. The van der Waals surface area contributed by atoms with Crippen molar-refractivity contribution in [1.82, 2.24) is 0 Å². The van der Waals surface area contributed by atoms with E-state index in [4.69, 9.17) is 5.11 Å². The van der Waals surface area contributed by atoms with E-state index in [2.05, 4.69) is 52.1 Å². The lowest BCUT2D eigenvalue weighted by molar-refractivity contribution is -0.137. The Morgan fingerprint density at radius 1 is 0.682 bits per heavy atom. The number of allylic oxidation sites excluding steroid dienone is 2. The maximum absolute atomic E-state index is 10.4. The molecule has 0 saturated carbocycles. The van der Waals surface area contributed by atoms with Gasteiger partial charge in [0.05, 0.1) is 0 Å². The van der Waals surface area contributed by atoms with Crippen LogP contribution in [0.5, 0.6) is 0 Å². The minimum atomic E-state index is -0.665. The van der Waals surface area contributed by atoms with Crippen LogP contribution in [0.3, 0.4) is 0 Å². The molecule has 22 heavy (non-hydrogen) atoms. The Kier molecular flexibility index (Phi) is 17.0. The van der Waals surface area contributed by atoms with Crippen molar-refractivity contribution in [2.45, 2.75) is 96.8 Å². The zero-order chi connectivity index (χ0) is 16.6. The molecule has 0 aromatic rings. The van der Waals surface area contributed by atoms with Crippen molar-refractivity contribution in [1.29, 1.82) is 0 Å².